The van der Waals surface area contributed by atoms with Crippen LogP contribution < -0.4 is 5.73 Å². The highest BCUT2D eigenvalue weighted by molar-refractivity contribution is 5.38. The van der Waals surface area contributed by atoms with Crippen LogP contribution in [-0.2, 0) is 0 Å². The van der Waals surface area contributed by atoms with Gasteiger partial charge in [-0.15, -0.1) is 0 Å². The summed E-state index contributed by atoms with van der Waals surface area (Å²) >= 11 is 0. The van der Waals surface area contributed by atoms with Crippen molar-refractivity contribution >= 4 is 6.08 Å². The summed E-state index contributed by atoms with van der Waals surface area (Å²) in [4.78, 5) is 4.14. The molecule has 60 valence electrons. The van der Waals surface area contributed by atoms with E-state index in [1.165, 1.54) is 0 Å². The largest absolute Gasteiger partial charge is 0.442 e. The maximum absolute atomic E-state index is 5.26. The van der Waals surface area contributed by atoms with Crippen molar-refractivity contribution in [2.45, 2.75) is 13.8 Å². The third-order valence-electron chi connectivity index (χ3n) is 1.44. The van der Waals surface area contributed by atoms with Gasteiger partial charge in [-0.3, -0.25) is 0 Å². The molecule has 0 aliphatic rings. The number of aromatic nitrogens is 1. The number of nitrogens with two attached hydrogens (primary N) is 1. The Labute approximate surface area is 65.9 Å². The van der Waals surface area contributed by atoms with Crippen molar-refractivity contribution in [3.63, 3.8) is 0 Å². The van der Waals surface area contributed by atoms with E-state index >= 15 is 0 Å². The van der Waals surface area contributed by atoms with Crippen molar-refractivity contribution in [2.24, 2.45) is 5.73 Å². The molecule has 1 heterocycles. The highest BCUT2D eigenvalue weighted by Crippen LogP contribution is 2.08. The van der Waals surface area contributed by atoms with Gasteiger partial charge in [0.25, 0.3) is 0 Å². The van der Waals surface area contributed by atoms with Gasteiger partial charge in [0, 0.05) is 6.54 Å². The van der Waals surface area contributed by atoms with Crippen molar-refractivity contribution in [1.82, 2.24) is 4.98 Å². The molecule has 0 saturated heterocycles. The van der Waals surface area contributed by atoms with Crippen molar-refractivity contribution < 1.29 is 4.42 Å². The van der Waals surface area contributed by atoms with Crippen molar-refractivity contribution in [3.8, 4) is 0 Å². The number of hydrogen-bond donors (Lipinski definition) is 1. The minimum absolute atomic E-state index is 0.514. The fourth-order valence-corrected chi connectivity index (χ4v) is 0.738. The summed E-state index contributed by atoms with van der Waals surface area (Å²) in [5, 5.41) is 0. The molecular weight excluding hydrogens is 140 g/mol. The fraction of sp³-hybridized carbons (Fsp3) is 0.375. The first kappa shape index (κ1) is 8.01. The molecule has 0 unspecified atom stereocenters. The Morgan fingerprint density at radius 2 is 2.27 bits per heavy atom. The standard InChI is InChI=1S/C8H12N2O/c1-6-7(2)11-8(10-6)4-3-5-9/h3-4H,5,9H2,1-2H3/b4-3+. The molecule has 3 heteroatoms. The van der Waals surface area contributed by atoms with Crippen molar-refractivity contribution in [2.75, 3.05) is 6.54 Å². The summed E-state index contributed by atoms with van der Waals surface area (Å²) in [6.07, 6.45) is 3.59. The van der Waals surface area contributed by atoms with Gasteiger partial charge in [0.1, 0.15) is 5.76 Å². The number of oxazole rings is 1. The monoisotopic (exact) mass is 152 g/mol. The van der Waals surface area contributed by atoms with Gasteiger partial charge in [0.2, 0.25) is 5.89 Å². The molecule has 2 N–H and O–H groups in total. The molecule has 3 nitrogen and oxygen atoms in total. The molecule has 0 aliphatic carbocycles. The lowest BCUT2D eigenvalue weighted by Crippen LogP contribution is -1.91. The molecule has 0 fully saturated rings. The van der Waals surface area contributed by atoms with E-state index in [1.807, 2.05) is 19.9 Å². The van der Waals surface area contributed by atoms with E-state index in [4.69, 9.17) is 10.2 Å². The molecule has 0 amide bonds. The smallest absolute Gasteiger partial charge is 0.218 e. The molecule has 0 aromatic carbocycles. The summed E-state index contributed by atoms with van der Waals surface area (Å²) < 4.78 is 5.26. The normalized spacial score (nSPS) is 11.2. The zero-order valence-corrected chi connectivity index (χ0v) is 6.79. The molecule has 0 atom stereocenters. The van der Waals surface area contributed by atoms with E-state index in [-0.39, 0.29) is 0 Å². The Hall–Kier alpha value is -1.09. The highest BCUT2D eigenvalue weighted by atomic mass is 16.4. The third kappa shape index (κ3) is 1.91. The van der Waals surface area contributed by atoms with E-state index in [2.05, 4.69) is 4.98 Å². The lowest BCUT2D eigenvalue weighted by molar-refractivity contribution is 0.515. The van der Waals surface area contributed by atoms with Gasteiger partial charge < -0.3 is 10.2 Å². The van der Waals surface area contributed by atoms with Crippen LogP contribution in [0.3, 0.4) is 0 Å². The number of aryl methyl sites for hydroxylation is 2. The Kier molecular flexibility index (Phi) is 2.44. The molecule has 0 aliphatic heterocycles. The maximum Gasteiger partial charge on any atom is 0.218 e. The van der Waals surface area contributed by atoms with Crippen LogP contribution in [0.15, 0.2) is 10.5 Å². The average molecular weight is 152 g/mol. The van der Waals surface area contributed by atoms with Crippen molar-refractivity contribution in [1.29, 1.82) is 0 Å². The zero-order chi connectivity index (χ0) is 8.27. The van der Waals surface area contributed by atoms with Crippen molar-refractivity contribution in [3.05, 3.63) is 23.4 Å². The van der Waals surface area contributed by atoms with Crippen LogP contribution in [0.5, 0.6) is 0 Å². The Morgan fingerprint density at radius 3 is 2.73 bits per heavy atom. The first-order chi connectivity index (χ1) is 5.24. The molecule has 1 aromatic rings. The molecular formula is C8H12N2O. The van der Waals surface area contributed by atoms with Gasteiger partial charge in [-0.2, -0.15) is 0 Å². The molecule has 0 spiro atoms. The molecule has 0 saturated carbocycles. The second-order valence-corrected chi connectivity index (χ2v) is 2.33. The molecule has 1 rings (SSSR count). The SMILES string of the molecule is Cc1nc(/C=C/CN)oc1C. The summed E-state index contributed by atoms with van der Waals surface area (Å²) in [5.41, 5.74) is 6.20. The second-order valence-electron chi connectivity index (χ2n) is 2.33. The van der Waals surface area contributed by atoms with E-state index < -0.39 is 0 Å². The lowest BCUT2D eigenvalue weighted by Gasteiger charge is -1.80. The van der Waals surface area contributed by atoms with Gasteiger partial charge in [0.05, 0.1) is 5.69 Å². The first-order valence-corrected chi connectivity index (χ1v) is 3.54. The van der Waals surface area contributed by atoms with Gasteiger partial charge in [-0.1, -0.05) is 6.08 Å². The van der Waals surface area contributed by atoms with Crippen LogP contribution in [0.1, 0.15) is 17.3 Å². The zero-order valence-electron chi connectivity index (χ0n) is 6.79. The molecule has 11 heavy (non-hydrogen) atoms. The van der Waals surface area contributed by atoms with Crippen LogP contribution in [-0.4, -0.2) is 11.5 Å². The van der Waals surface area contributed by atoms with Crippen LogP contribution in [0.2, 0.25) is 0 Å². The van der Waals surface area contributed by atoms with E-state index in [0.717, 1.165) is 11.5 Å². The quantitative estimate of drug-likeness (QED) is 0.694. The fourth-order valence-electron chi connectivity index (χ4n) is 0.738. The third-order valence-corrected chi connectivity index (χ3v) is 1.44. The molecule has 0 radical (unpaired) electrons. The maximum atomic E-state index is 5.26. The topological polar surface area (TPSA) is 52.0 Å². The number of hydrogen-bond acceptors (Lipinski definition) is 3. The summed E-state index contributed by atoms with van der Waals surface area (Å²) in [6.45, 7) is 4.32. The van der Waals surface area contributed by atoms with Gasteiger partial charge in [-0.05, 0) is 19.9 Å². The van der Waals surface area contributed by atoms with Crippen LogP contribution in [0.25, 0.3) is 6.08 Å². The summed E-state index contributed by atoms with van der Waals surface area (Å²) in [7, 11) is 0. The van der Waals surface area contributed by atoms with Crippen LogP contribution in [0.4, 0.5) is 0 Å². The average Bonchev–Trinajstić information content (AvgIpc) is 2.28. The minimum Gasteiger partial charge on any atom is -0.442 e. The first-order valence-electron chi connectivity index (χ1n) is 3.54. The van der Waals surface area contributed by atoms with Gasteiger partial charge >= 0.3 is 0 Å². The molecule has 0 bridgehead atoms. The summed E-state index contributed by atoms with van der Waals surface area (Å²) in [6, 6.07) is 0. The molecule has 1 aromatic heterocycles. The Bertz CT molecular complexity index is 244. The van der Waals surface area contributed by atoms with E-state index in [0.29, 0.717) is 12.4 Å². The Balaban J connectivity index is 2.80. The lowest BCUT2D eigenvalue weighted by atomic mass is 10.4. The predicted molar refractivity (Wildman–Crippen MR) is 44.1 cm³/mol. The summed E-state index contributed by atoms with van der Waals surface area (Å²) in [5.74, 6) is 1.49. The van der Waals surface area contributed by atoms with Crippen LogP contribution >= 0.6 is 0 Å². The Morgan fingerprint density at radius 1 is 1.55 bits per heavy atom. The van der Waals surface area contributed by atoms with Gasteiger partial charge in [-0.25, -0.2) is 4.98 Å². The second kappa shape index (κ2) is 3.34. The minimum atomic E-state index is 0.514. The van der Waals surface area contributed by atoms with Gasteiger partial charge in [0.15, 0.2) is 0 Å². The van der Waals surface area contributed by atoms with Crippen LogP contribution in [0, 0.1) is 13.8 Å². The highest BCUT2D eigenvalue weighted by Gasteiger charge is 2.00. The van der Waals surface area contributed by atoms with E-state index in [1.54, 1.807) is 6.08 Å². The number of rotatable bonds is 2. The number of nitrogens with zero attached hydrogens (tertiary/aromatic N) is 1. The van der Waals surface area contributed by atoms with E-state index in [9.17, 15) is 0 Å². The predicted octanol–water partition coefficient (Wildman–Crippen LogP) is 1.26.